The van der Waals surface area contributed by atoms with Crippen LogP contribution in [-0.2, 0) is 4.79 Å². The van der Waals surface area contributed by atoms with Crippen molar-refractivity contribution in [3.63, 3.8) is 0 Å². The lowest BCUT2D eigenvalue weighted by Crippen LogP contribution is -2.29. The lowest BCUT2D eigenvalue weighted by molar-refractivity contribution is -0.115. The molecule has 1 aromatic rings. The molecule has 7 heteroatoms. The Morgan fingerprint density at radius 2 is 2.18 bits per heavy atom. The van der Waals surface area contributed by atoms with Gasteiger partial charge in [0, 0.05) is 18.8 Å². The quantitative estimate of drug-likeness (QED) is 0.840. The Labute approximate surface area is 144 Å². The topological polar surface area (TPSA) is 56.1 Å². The lowest BCUT2D eigenvalue weighted by Gasteiger charge is -2.20. The molecule has 1 aliphatic heterocycles. The summed E-state index contributed by atoms with van der Waals surface area (Å²) >= 11 is 12.7. The van der Waals surface area contributed by atoms with Gasteiger partial charge in [-0.15, -0.1) is 0 Å². The van der Waals surface area contributed by atoms with Crippen molar-refractivity contribution in [2.75, 3.05) is 18.4 Å². The standard InChI is InChI=1S/C15H16ClN3OS2/c1-10(22-15(21)19-6-2-3-7-19)14(20)18-12-5-4-11(9-17)13(16)8-12/h4-5,8,10H,2-3,6-7H2,1H3,(H,18,20)/t10-/m0/s1. The van der Waals surface area contributed by atoms with Gasteiger partial charge >= 0.3 is 0 Å². The van der Waals surface area contributed by atoms with E-state index in [2.05, 4.69) is 10.2 Å². The molecule has 4 nitrogen and oxygen atoms in total. The maximum Gasteiger partial charge on any atom is 0.237 e. The molecule has 1 fully saturated rings. The van der Waals surface area contributed by atoms with Crippen molar-refractivity contribution in [3.8, 4) is 6.07 Å². The molecule has 1 aromatic carbocycles. The fourth-order valence-electron chi connectivity index (χ4n) is 2.11. The van der Waals surface area contributed by atoms with E-state index in [4.69, 9.17) is 29.1 Å². The van der Waals surface area contributed by atoms with E-state index >= 15 is 0 Å². The summed E-state index contributed by atoms with van der Waals surface area (Å²) in [6.45, 7) is 3.78. The predicted molar refractivity (Wildman–Crippen MR) is 95.3 cm³/mol. The van der Waals surface area contributed by atoms with Crippen molar-refractivity contribution in [2.45, 2.75) is 25.0 Å². The molecule has 22 heavy (non-hydrogen) atoms. The third-order valence-electron chi connectivity index (χ3n) is 3.37. The second-order valence-corrected chi connectivity index (χ2v) is 7.40. The monoisotopic (exact) mass is 353 g/mol. The minimum atomic E-state index is -0.289. The smallest absolute Gasteiger partial charge is 0.237 e. The summed E-state index contributed by atoms with van der Waals surface area (Å²) < 4.78 is 0.776. The zero-order valence-corrected chi connectivity index (χ0v) is 14.5. The van der Waals surface area contributed by atoms with Gasteiger partial charge in [-0.05, 0) is 38.0 Å². The molecule has 0 unspecified atom stereocenters. The first-order chi connectivity index (χ1) is 10.5. The molecule has 0 aromatic heterocycles. The molecular weight excluding hydrogens is 338 g/mol. The SMILES string of the molecule is C[C@H](SC(=S)N1CCCC1)C(=O)Nc1ccc(C#N)c(Cl)c1. The molecule has 1 heterocycles. The molecule has 1 aliphatic rings. The van der Waals surface area contributed by atoms with Gasteiger partial charge in [-0.3, -0.25) is 4.79 Å². The second kappa shape index (κ2) is 7.82. The maximum absolute atomic E-state index is 12.2. The van der Waals surface area contributed by atoms with Crippen LogP contribution in [0.3, 0.4) is 0 Å². The minimum absolute atomic E-state index is 0.132. The van der Waals surface area contributed by atoms with Crippen molar-refractivity contribution in [1.82, 2.24) is 4.90 Å². The number of halogens is 1. The van der Waals surface area contributed by atoms with Crippen LogP contribution in [0.4, 0.5) is 5.69 Å². The van der Waals surface area contributed by atoms with Gasteiger partial charge in [0.25, 0.3) is 0 Å². The van der Waals surface area contributed by atoms with E-state index in [1.54, 1.807) is 18.2 Å². The van der Waals surface area contributed by atoms with Gasteiger partial charge in [0.2, 0.25) is 5.91 Å². The zero-order chi connectivity index (χ0) is 16.1. The maximum atomic E-state index is 12.2. The highest BCUT2D eigenvalue weighted by molar-refractivity contribution is 8.23. The summed E-state index contributed by atoms with van der Waals surface area (Å²) in [6, 6.07) is 6.82. The predicted octanol–water partition coefficient (Wildman–Crippen LogP) is 3.65. The van der Waals surface area contributed by atoms with Gasteiger partial charge in [-0.25, -0.2) is 0 Å². The summed E-state index contributed by atoms with van der Waals surface area (Å²) in [5.74, 6) is -0.132. The lowest BCUT2D eigenvalue weighted by atomic mass is 10.2. The molecule has 0 aliphatic carbocycles. The first-order valence-electron chi connectivity index (χ1n) is 6.97. The Kier molecular flexibility index (Phi) is 6.07. The number of rotatable bonds is 3. The summed E-state index contributed by atoms with van der Waals surface area (Å²) in [6.07, 6.45) is 2.32. The fraction of sp³-hybridized carbons (Fsp3) is 0.400. The number of nitriles is 1. The van der Waals surface area contributed by atoms with Gasteiger partial charge in [-0.1, -0.05) is 35.6 Å². The summed E-state index contributed by atoms with van der Waals surface area (Å²) in [4.78, 5) is 14.4. The summed E-state index contributed by atoms with van der Waals surface area (Å²) in [7, 11) is 0. The van der Waals surface area contributed by atoms with Crippen LogP contribution in [0, 0.1) is 11.3 Å². The van der Waals surface area contributed by atoms with Crippen LogP contribution in [0.15, 0.2) is 18.2 Å². The van der Waals surface area contributed by atoms with E-state index in [0.717, 1.165) is 30.3 Å². The minimum Gasteiger partial charge on any atom is -0.358 e. The van der Waals surface area contributed by atoms with Crippen LogP contribution in [0.1, 0.15) is 25.3 Å². The second-order valence-electron chi connectivity index (χ2n) is 5.02. The highest BCUT2D eigenvalue weighted by Gasteiger charge is 2.21. The van der Waals surface area contributed by atoms with Crippen molar-refractivity contribution in [2.24, 2.45) is 0 Å². The number of carbonyl (C=O) groups is 1. The molecular formula is C15H16ClN3OS2. The van der Waals surface area contributed by atoms with Crippen LogP contribution >= 0.6 is 35.6 Å². The Morgan fingerprint density at radius 3 is 2.77 bits per heavy atom. The van der Waals surface area contributed by atoms with Gasteiger partial charge in [0.05, 0.1) is 15.8 Å². The Balaban J connectivity index is 1.92. The Hall–Kier alpha value is -1.29. The van der Waals surface area contributed by atoms with E-state index in [0.29, 0.717) is 16.3 Å². The average Bonchev–Trinajstić information content (AvgIpc) is 3.01. The Morgan fingerprint density at radius 1 is 1.50 bits per heavy atom. The van der Waals surface area contributed by atoms with E-state index in [9.17, 15) is 4.79 Å². The number of nitrogens with zero attached hydrogens (tertiary/aromatic N) is 2. The van der Waals surface area contributed by atoms with E-state index in [1.165, 1.54) is 11.8 Å². The summed E-state index contributed by atoms with van der Waals surface area (Å²) in [5, 5.41) is 11.7. The molecule has 1 amide bonds. The highest BCUT2D eigenvalue weighted by Crippen LogP contribution is 2.23. The molecule has 0 radical (unpaired) electrons. The van der Waals surface area contributed by atoms with Crippen LogP contribution in [0.5, 0.6) is 0 Å². The first kappa shape index (κ1) is 17.1. The number of likely N-dealkylation sites (tertiary alicyclic amines) is 1. The number of thiocarbonyl (C=S) groups is 1. The molecule has 116 valence electrons. The van der Waals surface area contributed by atoms with Gasteiger partial charge in [-0.2, -0.15) is 5.26 Å². The molecule has 2 rings (SSSR count). The number of nitrogens with one attached hydrogen (secondary N) is 1. The fourth-order valence-corrected chi connectivity index (χ4v) is 3.74. The largest absolute Gasteiger partial charge is 0.358 e. The number of carbonyl (C=O) groups excluding carboxylic acids is 1. The number of anilines is 1. The number of benzene rings is 1. The average molecular weight is 354 g/mol. The number of amides is 1. The van der Waals surface area contributed by atoms with E-state index in [1.807, 2.05) is 13.0 Å². The van der Waals surface area contributed by atoms with Crippen LogP contribution in [0.25, 0.3) is 0 Å². The molecule has 0 bridgehead atoms. The van der Waals surface area contributed by atoms with Crippen molar-refractivity contribution in [3.05, 3.63) is 28.8 Å². The van der Waals surface area contributed by atoms with Gasteiger partial charge in [0.1, 0.15) is 10.4 Å². The van der Waals surface area contributed by atoms with Crippen molar-refractivity contribution in [1.29, 1.82) is 5.26 Å². The zero-order valence-electron chi connectivity index (χ0n) is 12.1. The third kappa shape index (κ3) is 4.35. The van der Waals surface area contributed by atoms with Gasteiger partial charge in [0.15, 0.2) is 0 Å². The number of hydrogen-bond acceptors (Lipinski definition) is 4. The van der Waals surface area contributed by atoms with Gasteiger partial charge < -0.3 is 10.2 Å². The van der Waals surface area contributed by atoms with Crippen molar-refractivity contribution < 1.29 is 4.79 Å². The molecule has 0 spiro atoms. The van der Waals surface area contributed by atoms with Crippen LogP contribution < -0.4 is 5.32 Å². The molecule has 1 atom stereocenters. The molecule has 1 N–H and O–H groups in total. The number of hydrogen-bond donors (Lipinski definition) is 1. The highest BCUT2D eigenvalue weighted by atomic mass is 35.5. The third-order valence-corrected chi connectivity index (χ3v) is 5.26. The molecule has 0 saturated carbocycles. The summed E-state index contributed by atoms with van der Waals surface area (Å²) in [5.41, 5.74) is 0.964. The van der Waals surface area contributed by atoms with Crippen LogP contribution in [-0.4, -0.2) is 33.5 Å². The number of thioether (sulfide) groups is 1. The van der Waals surface area contributed by atoms with E-state index in [-0.39, 0.29) is 11.2 Å². The molecule has 1 saturated heterocycles. The Bertz CT molecular complexity index is 624. The normalized spacial score (nSPS) is 15.2. The first-order valence-corrected chi connectivity index (χ1v) is 8.64. The van der Waals surface area contributed by atoms with Crippen molar-refractivity contribution >= 4 is 51.5 Å². The van der Waals surface area contributed by atoms with Crippen LogP contribution in [0.2, 0.25) is 5.02 Å². The van der Waals surface area contributed by atoms with E-state index < -0.39 is 0 Å².